The van der Waals surface area contributed by atoms with Crippen LogP contribution in [-0.4, -0.2) is 23.3 Å². The van der Waals surface area contributed by atoms with E-state index in [2.05, 4.69) is 5.32 Å². The second kappa shape index (κ2) is 10.0. The fourth-order valence-corrected chi connectivity index (χ4v) is 5.24. The van der Waals surface area contributed by atoms with Crippen molar-refractivity contribution in [2.75, 3.05) is 11.9 Å². The van der Waals surface area contributed by atoms with Crippen molar-refractivity contribution in [1.82, 2.24) is 4.90 Å². The number of carbonyl (C=O) groups excluding carboxylic acids is 2. The molecule has 2 heterocycles. The number of amides is 2. The first-order chi connectivity index (χ1) is 18.4. The Morgan fingerprint density at radius 3 is 2.42 bits per heavy atom. The summed E-state index contributed by atoms with van der Waals surface area (Å²) in [6.45, 7) is 1.10. The van der Waals surface area contributed by atoms with E-state index >= 15 is 0 Å². The highest BCUT2D eigenvalue weighted by molar-refractivity contribution is 6.37. The Kier molecular flexibility index (Phi) is 6.40. The molecule has 0 saturated carbocycles. The van der Waals surface area contributed by atoms with Crippen molar-refractivity contribution >= 4 is 51.5 Å². The maximum atomic E-state index is 13.2. The first-order valence-corrected chi connectivity index (χ1v) is 13.0. The number of hydrogen-bond acceptors (Lipinski definition) is 3. The molecule has 5 nitrogen and oxygen atoms in total. The van der Waals surface area contributed by atoms with Crippen molar-refractivity contribution < 1.29 is 14.0 Å². The highest BCUT2D eigenvalue weighted by atomic mass is 35.5. The molecule has 2 amide bonds. The van der Waals surface area contributed by atoms with Crippen LogP contribution in [0.2, 0.25) is 10.0 Å². The van der Waals surface area contributed by atoms with E-state index in [0.717, 1.165) is 33.4 Å². The van der Waals surface area contributed by atoms with Gasteiger partial charge in [-0.2, -0.15) is 0 Å². The quantitative estimate of drug-likeness (QED) is 0.252. The lowest BCUT2D eigenvalue weighted by Gasteiger charge is -2.26. The summed E-state index contributed by atoms with van der Waals surface area (Å²) >= 11 is 12.1. The minimum absolute atomic E-state index is 0.0186. The van der Waals surface area contributed by atoms with E-state index in [-0.39, 0.29) is 11.8 Å². The smallest absolute Gasteiger partial charge is 0.257 e. The minimum atomic E-state index is -0.316. The zero-order valence-corrected chi connectivity index (χ0v) is 21.7. The zero-order chi connectivity index (χ0) is 26.2. The number of rotatable bonds is 4. The summed E-state index contributed by atoms with van der Waals surface area (Å²) in [6.07, 6.45) is 0.657. The second-order valence-electron chi connectivity index (χ2n) is 9.25. The molecule has 0 unspecified atom stereocenters. The third kappa shape index (κ3) is 4.78. The molecule has 7 heteroatoms. The molecule has 0 fully saturated rings. The van der Waals surface area contributed by atoms with Gasteiger partial charge in [0.25, 0.3) is 11.8 Å². The van der Waals surface area contributed by atoms with Crippen LogP contribution in [0.3, 0.4) is 0 Å². The summed E-state index contributed by atoms with van der Waals surface area (Å²) in [5, 5.41) is 5.78. The second-order valence-corrected chi connectivity index (χ2v) is 10.1. The minimum Gasteiger partial charge on any atom is -0.461 e. The van der Waals surface area contributed by atoms with Crippen LogP contribution < -0.4 is 5.32 Å². The molecule has 0 saturated heterocycles. The third-order valence-electron chi connectivity index (χ3n) is 6.75. The van der Waals surface area contributed by atoms with Crippen LogP contribution >= 0.6 is 23.2 Å². The van der Waals surface area contributed by atoms with Crippen molar-refractivity contribution in [3.63, 3.8) is 0 Å². The van der Waals surface area contributed by atoms with Gasteiger partial charge in [-0.25, -0.2) is 0 Å². The first kappa shape index (κ1) is 24.3. The molecule has 188 valence electrons. The fraction of sp³-hybridized carbons (Fsp3) is 0.0968. The van der Waals surface area contributed by atoms with Gasteiger partial charge < -0.3 is 14.6 Å². The summed E-state index contributed by atoms with van der Waals surface area (Å²) in [4.78, 5) is 27.7. The van der Waals surface area contributed by atoms with E-state index < -0.39 is 0 Å². The van der Waals surface area contributed by atoms with Crippen LogP contribution in [0.4, 0.5) is 5.69 Å². The normalized spacial score (nSPS) is 12.8. The van der Waals surface area contributed by atoms with Crippen LogP contribution in [0, 0.1) is 0 Å². The highest BCUT2D eigenvalue weighted by Gasteiger charge is 2.25. The SMILES string of the molecule is O=C(Nc1ccc(-c2cc3c(o2)CCN(C(=O)c2ccc4ccccc4c2)C3)cc1)c1ccc(Cl)cc1Cl. The molecule has 38 heavy (non-hydrogen) atoms. The Hall–Kier alpha value is -4.06. The molecular formula is C31H22Cl2N2O3. The van der Waals surface area contributed by atoms with Gasteiger partial charge >= 0.3 is 0 Å². The predicted octanol–water partition coefficient (Wildman–Crippen LogP) is 7.86. The summed E-state index contributed by atoms with van der Waals surface area (Å²) in [5.41, 5.74) is 3.56. The van der Waals surface area contributed by atoms with Crippen LogP contribution in [-0.2, 0) is 13.0 Å². The largest absolute Gasteiger partial charge is 0.461 e. The molecule has 5 aromatic rings. The van der Waals surface area contributed by atoms with Crippen LogP contribution in [0.15, 0.2) is 95.4 Å². The van der Waals surface area contributed by atoms with Crippen molar-refractivity contribution in [3.05, 3.63) is 123 Å². The lowest BCUT2D eigenvalue weighted by molar-refractivity contribution is 0.0730. The van der Waals surface area contributed by atoms with E-state index in [1.54, 1.807) is 12.1 Å². The molecule has 1 aliphatic rings. The molecule has 1 aromatic heterocycles. The molecule has 1 aliphatic heterocycles. The van der Waals surface area contributed by atoms with Gasteiger partial charge in [0, 0.05) is 46.9 Å². The van der Waals surface area contributed by atoms with E-state index in [4.69, 9.17) is 27.6 Å². The lowest BCUT2D eigenvalue weighted by atomic mass is 10.0. The van der Waals surface area contributed by atoms with Gasteiger partial charge in [0.15, 0.2) is 0 Å². The summed E-state index contributed by atoms with van der Waals surface area (Å²) in [6, 6.07) is 28.0. The van der Waals surface area contributed by atoms with Crippen LogP contribution in [0.25, 0.3) is 22.1 Å². The average molecular weight is 541 g/mol. The van der Waals surface area contributed by atoms with E-state index in [0.29, 0.717) is 46.4 Å². The average Bonchev–Trinajstić information content (AvgIpc) is 3.36. The van der Waals surface area contributed by atoms with E-state index in [1.165, 1.54) is 6.07 Å². The number of furan rings is 1. The standard InChI is InChI=1S/C31H22Cl2N2O3/c32-24-9-12-26(27(33)17-24)30(36)34-25-10-7-20(8-11-25)29-16-23-18-35(14-13-28(23)38-29)31(37)22-6-5-19-3-1-2-4-21(19)15-22/h1-12,15-17H,13-14,18H2,(H,34,36). The molecule has 0 spiro atoms. The Morgan fingerprint density at radius 2 is 1.63 bits per heavy atom. The van der Waals surface area contributed by atoms with Crippen molar-refractivity contribution in [2.24, 2.45) is 0 Å². The number of nitrogens with zero attached hydrogens (tertiary/aromatic N) is 1. The van der Waals surface area contributed by atoms with Gasteiger partial charge in [0.2, 0.25) is 0 Å². The molecule has 0 bridgehead atoms. The number of carbonyl (C=O) groups is 2. The Labute approximate surface area is 229 Å². The van der Waals surface area contributed by atoms with Gasteiger partial charge in [-0.3, -0.25) is 9.59 Å². The lowest BCUT2D eigenvalue weighted by Crippen LogP contribution is -2.35. The molecule has 1 N–H and O–H groups in total. The van der Waals surface area contributed by atoms with Crippen molar-refractivity contribution in [2.45, 2.75) is 13.0 Å². The van der Waals surface area contributed by atoms with E-state index in [9.17, 15) is 9.59 Å². The molecule has 4 aromatic carbocycles. The number of anilines is 1. The van der Waals surface area contributed by atoms with Crippen molar-refractivity contribution in [1.29, 1.82) is 0 Å². The Balaban J connectivity index is 1.15. The molecule has 0 radical (unpaired) electrons. The van der Waals surface area contributed by atoms with Gasteiger partial charge in [-0.05, 0) is 71.4 Å². The van der Waals surface area contributed by atoms with Gasteiger partial charge in [-0.15, -0.1) is 0 Å². The molecule has 0 aliphatic carbocycles. The molecular weight excluding hydrogens is 519 g/mol. The summed E-state index contributed by atoms with van der Waals surface area (Å²) < 4.78 is 6.15. The Morgan fingerprint density at radius 1 is 0.842 bits per heavy atom. The van der Waals surface area contributed by atoms with Crippen LogP contribution in [0.5, 0.6) is 0 Å². The summed E-state index contributed by atoms with van der Waals surface area (Å²) in [7, 11) is 0. The maximum absolute atomic E-state index is 13.2. The van der Waals surface area contributed by atoms with Crippen molar-refractivity contribution in [3.8, 4) is 11.3 Å². The van der Waals surface area contributed by atoms with Gasteiger partial charge in [-0.1, -0.05) is 53.5 Å². The molecule has 0 atom stereocenters. The summed E-state index contributed by atoms with van der Waals surface area (Å²) in [5.74, 6) is 1.33. The highest BCUT2D eigenvalue weighted by Crippen LogP contribution is 2.31. The number of fused-ring (bicyclic) bond motifs is 2. The number of halogens is 2. The number of benzene rings is 4. The predicted molar refractivity (Wildman–Crippen MR) is 151 cm³/mol. The fourth-order valence-electron chi connectivity index (χ4n) is 4.74. The molecule has 6 rings (SSSR count). The van der Waals surface area contributed by atoms with Crippen LogP contribution in [0.1, 0.15) is 32.0 Å². The maximum Gasteiger partial charge on any atom is 0.257 e. The number of hydrogen-bond donors (Lipinski definition) is 1. The monoisotopic (exact) mass is 540 g/mol. The Bertz CT molecular complexity index is 1690. The first-order valence-electron chi connectivity index (χ1n) is 12.2. The topological polar surface area (TPSA) is 62.6 Å². The number of nitrogens with one attached hydrogen (secondary N) is 1. The van der Waals surface area contributed by atoms with Gasteiger partial charge in [0.1, 0.15) is 11.5 Å². The third-order valence-corrected chi connectivity index (χ3v) is 7.30. The van der Waals surface area contributed by atoms with Gasteiger partial charge in [0.05, 0.1) is 10.6 Å². The van der Waals surface area contributed by atoms with E-state index in [1.807, 2.05) is 77.7 Å². The zero-order valence-electron chi connectivity index (χ0n) is 20.2.